The fraction of sp³-hybridized carbons (Fsp3) is 0.447. The number of ketones is 1. The highest BCUT2D eigenvalue weighted by atomic mass is 16.5. The van der Waals surface area contributed by atoms with Crippen LogP contribution >= 0.6 is 0 Å². The molecule has 0 aliphatic heterocycles. The third-order valence-electron chi connectivity index (χ3n) is 8.22. The lowest BCUT2D eigenvalue weighted by atomic mass is 9.91. The van der Waals surface area contributed by atoms with E-state index >= 15 is 0 Å². The fourth-order valence-corrected chi connectivity index (χ4v) is 5.37. The van der Waals surface area contributed by atoms with E-state index in [4.69, 9.17) is 17.4 Å². The van der Waals surface area contributed by atoms with Crippen LogP contribution in [0.3, 0.4) is 0 Å². The Morgan fingerprint density at radius 1 is 0.792 bits per heavy atom. The van der Waals surface area contributed by atoms with Crippen LogP contribution in [0.5, 0.6) is 0 Å². The van der Waals surface area contributed by atoms with Gasteiger partial charge in [-0.25, -0.2) is 5.48 Å². The van der Waals surface area contributed by atoms with Crippen molar-refractivity contribution < 1.29 is 43.9 Å². The minimum atomic E-state index is -1.89. The second-order valence-corrected chi connectivity index (χ2v) is 13.0. The van der Waals surface area contributed by atoms with Gasteiger partial charge >= 0.3 is 0 Å². The molecule has 0 aliphatic carbocycles. The molecule has 0 saturated carbocycles. The van der Waals surface area contributed by atoms with Crippen LogP contribution in [0.2, 0.25) is 0 Å². The van der Waals surface area contributed by atoms with E-state index in [2.05, 4.69) is 27.2 Å². The average Bonchev–Trinajstić information content (AvgIpc) is 3.14. The molecule has 2 aromatic carbocycles. The van der Waals surface area contributed by atoms with Gasteiger partial charge in [-0.1, -0.05) is 68.4 Å². The Kier molecular flexibility index (Phi) is 19.0. The monoisotopic (exact) mass is 734 g/mol. The third-order valence-corrected chi connectivity index (χ3v) is 8.22. The number of hydrogen-bond donors (Lipinski definition) is 8. The van der Waals surface area contributed by atoms with Crippen molar-refractivity contribution in [2.45, 2.75) is 83.4 Å². The molecule has 53 heavy (non-hydrogen) atoms. The number of aliphatic hydroxyl groups is 1. The van der Waals surface area contributed by atoms with Crippen LogP contribution in [0.15, 0.2) is 54.6 Å². The lowest BCUT2D eigenvalue weighted by Crippen LogP contribution is -2.55. The normalized spacial score (nSPS) is 13.0. The number of carbonyl (C=O) groups is 7. The molecule has 0 aliphatic rings. The lowest BCUT2D eigenvalue weighted by Gasteiger charge is -2.24. The zero-order chi connectivity index (χ0) is 39.3. The van der Waals surface area contributed by atoms with Crippen LogP contribution in [-0.4, -0.2) is 82.8 Å². The summed E-state index contributed by atoms with van der Waals surface area (Å²) >= 11 is 0. The molecule has 0 aromatic heterocycles. The minimum absolute atomic E-state index is 0.0588. The number of benzene rings is 2. The number of aliphatic hydroxyl groups excluding tert-OH is 1. The molecule has 0 spiro atoms. The molecule has 4 atom stereocenters. The van der Waals surface area contributed by atoms with Crippen molar-refractivity contribution in [3.63, 3.8) is 0 Å². The van der Waals surface area contributed by atoms with Gasteiger partial charge in [-0.3, -0.25) is 38.8 Å². The van der Waals surface area contributed by atoms with Crippen LogP contribution in [0.1, 0.15) is 80.3 Å². The molecule has 0 saturated heterocycles. The number of carbonyl (C=O) groups excluding carboxylic acids is 7. The SMILES string of the molecule is C#CCCCC(=O)NCCCCC(NC(=O)[C@H](Cc1ccc(C(=O)c2ccccc2)cc1)NC(=O)CNC(=O)[C@@H](CC(C)C)[C@H](O)C(=O)NO)C(N)=O. The van der Waals surface area contributed by atoms with Crippen molar-refractivity contribution in [2.24, 2.45) is 17.6 Å². The Hall–Kier alpha value is -5.59. The summed E-state index contributed by atoms with van der Waals surface area (Å²) in [5, 5.41) is 29.5. The summed E-state index contributed by atoms with van der Waals surface area (Å²) in [6, 6.07) is 12.7. The van der Waals surface area contributed by atoms with Gasteiger partial charge in [0.2, 0.25) is 29.5 Å². The Bertz CT molecular complexity index is 1590. The standard InChI is InChI=1S/C38H50N6O9/c1-4-5-7-15-31(45)40-20-11-10-14-29(35(39)49)43-37(51)30(22-25-16-18-27(19-17-25)33(47)26-12-8-6-9-13-26)42-32(46)23-41-36(50)28(21-24(2)3)34(48)38(52)44-53/h1,6,8-9,12-13,16-19,24,28-30,34,48,53H,5,7,10-11,14-15,20-23H2,2-3H3,(H2,39,49)(H,40,45)(H,41,50)(H,42,46)(H,43,51)(H,44,52)/t28-,29?,30-,34-/m0/s1. The Balaban J connectivity index is 2.16. The molecule has 0 radical (unpaired) electrons. The molecular formula is C38H50N6O9. The van der Waals surface area contributed by atoms with Crippen LogP contribution < -0.4 is 32.5 Å². The van der Waals surface area contributed by atoms with Crippen molar-refractivity contribution in [2.75, 3.05) is 13.1 Å². The maximum absolute atomic E-state index is 13.6. The summed E-state index contributed by atoms with van der Waals surface area (Å²) in [5.41, 5.74) is 8.35. The third kappa shape index (κ3) is 15.7. The molecule has 1 unspecified atom stereocenters. The summed E-state index contributed by atoms with van der Waals surface area (Å²) in [4.78, 5) is 88.5. The fourth-order valence-electron chi connectivity index (χ4n) is 5.37. The highest BCUT2D eigenvalue weighted by molar-refractivity contribution is 6.09. The largest absolute Gasteiger partial charge is 0.382 e. The van der Waals surface area contributed by atoms with Gasteiger partial charge in [0.15, 0.2) is 5.78 Å². The highest BCUT2D eigenvalue weighted by Gasteiger charge is 2.33. The zero-order valence-electron chi connectivity index (χ0n) is 30.1. The number of hydrogen-bond acceptors (Lipinski definition) is 9. The van der Waals surface area contributed by atoms with Gasteiger partial charge in [0.1, 0.15) is 18.2 Å². The number of terminal acetylenes is 1. The summed E-state index contributed by atoms with van der Waals surface area (Å²) in [6.45, 7) is 3.22. The molecule has 286 valence electrons. The van der Waals surface area contributed by atoms with Gasteiger partial charge < -0.3 is 32.1 Å². The minimum Gasteiger partial charge on any atom is -0.382 e. The van der Waals surface area contributed by atoms with Gasteiger partial charge in [0.25, 0.3) is 5.91 Å². The van der Waals surface area contributed by atoms with E-state index in [9.17, 15) is 38.7 Å². The van der Waals surface area contributed by atoms with Gasteiger partial charge in [0, 0.05) is 36.9 Å². The van der Waals surface area contributed by atoms with Crippen LogP contribution in [0.4, 0.5) is 0 Å². The molecular weight excluding hydrogens is 684 g/mol. The van der Waals surface area contributed by atoms with Crippen molar-refractivity contribution in [1.82, 2.24) is 26.7 Å². The lowest BCUT2D eigenvalue weighted by molar-refractivity contribution is -0.146. The molecule has 0 bridgehead atoms. The number of amides is 6. The van der Waals surface area contributed by atoms with Crippen molar-refractivity contribution in [3.8, 4) is 12.3 Å². The Morgan fingerprint density at radius 2 is 1.45 bits per heavy atom. The van der Waals surface area contributed by atoms with Gasteiger partial charge in [-0.05, 0) is 43.6 Å². The zero-order valence-corrected chi connectivity index (χ0v) is 30.1. The maximum atomic E-state index is 13.6. The molecule has 15 nitrogen and oxygen atoms in total. The maximum Gasteiger partial charge on any atom is 0.272 e. The van der Waals surface area contributed by atoms with Crippen molar-refractivity contribution >= 4 is 41.2 Å². The van der Waals surface area contributed by atoms with E-state index in [1.807, 2.05) is 0 Å². The number of primary amides is 1. The first kappa shape index (κ1) is 43.6. The smallest absolute Gasteiger partial charge is 0.272 e. The van der Waals surface area contributed by atoms with Crippen molar-refractivity contribution in [1.29, 1.82) is 0 Å². The molecule has 6 amide bonds. The molecule has 0 heterocycles. The Morgan fingerprint density at radius 3 is 2.06 bits per heavy atom. The van der Waals surface area contributed by atoms with E-state index in [1.165, 1.54) is 5.48 Å². The number of nitrogens with two attached hydrogens (primary N) is 1. The predicted molar refractivity (Wildman–Crippen MR) is 195 cm³/mol. The van der Waals surface area contributed by atoms with E-state index in [-0.39, 0.29) is 36.9 Å². The van der Waals surface area contributed by atoms with Gasteiger partial charge in [-0.15, -0.1) is 12.3 Å². The summed E-state index contributed by atoms with van der Waals surface area (Å²) in [6.07, 6.45) is 5.75. The molecule has 9 N–H and O–H groups in total. The summed E-state index contributed by atoms with van der Waals surface area (Å²) < 4.78 is 0. The average molecular weight is 735 g/mol. The van der Waals surface area contributed by atoms with Crippen molar-refractivity contribution in [3.05, 3.63) is 71.3 Å². The summed E-state index contributed by atoms with van der Waals surface area (Å²) in [7, 11) is 0. The van der Waals surface area contributed by atoms with Gasteiger partial charge in [0.05, 0.1) is 12.5 Å². The number of rotatable bonds is 23. The van der Waals surface area contributed by atoms with E-state index in [1.54, 1.807) is 68.4 Å². The number of hydroxylamine groups is 1. The van der Waals surface area contributed by atoms with E-state index in [0.717, 1.165) is 0 Å². The summed E-state index contributed by atoms with van der Waals surface area (Å²) in [5.74, 6) is -3.67. The predicted octanol–water partition coefficient (Wildman–Crippen LogP) is 0.650. The second kappa shape index (κ2) is 23.1. The Labute approximate surface area is 309 Å². The van der Waals surface area contributed by atoms with Crippen LogP contribution in [0, 0.1) is 24.2 Å². The van der Waals surface area contributed by atoms with Gasteiger partial charge in [-0.2, -0.15) is 0 Å². The second-order valence-electron chi connectivity index (χ2n) is 13.0. The van der Waals surface area contributed by atoms with E-state index < -0.39 is 60.2 Å². The molecule has 15 heteroatoms. The van der Waals surface area contributed by atoms with Crippen LogP contribution in [0.25, 0.3) is 0 Å². The number of nitrogens with one attached hydrogen (secondary N) is 5. The first-order valence-electron chi connectivity index (χ1n) is 17.4. The highest BCUT2D eigenvalue weighted by Crippen LogP contribution is 2.17. The first-order chi connectivity index (χ1) is 25.3. The van der Waals surface area contributed by atoms with Crippen LogP contribution in [-0.2, 0) is 35.2 Å². The quantitative estimate of drug-likeness (QED) is 0.0262. The topological polar surface area (TPSA) is 246 Å². The number of unbranched alkanes of at least 4 members (excludes halogenated alkanes) is 2. The molecule has 2 aromatic rings. The molecule has 2 rings (SSSR count). The van der Waals surface area contributed by atoms with E-state index in [0.29, 0.717) is 55.3 Å². The first-order valence-corrected chi connectivity index (χ1v) is 17.4. The molecule has 0 fully saturated rings.